The molecule has 2 aromatic rings. The summed E-state index contributed by atoms with van der Waals surface area (Å²) in [5.74, 6) is -0.849. The third-order valence-corrected chi connectivity index (χ3v) is 3.50. The van der Waals surface area contributed by atoms with Crippen LogP contribution in [0.1, 0.15) is 11.1 Å². The fraction of sp³-hybridized carbons (Fsp3) is 0.188. The van der Waals surface area contributed by atoms with E-state index in [1.807, 2.05) is 29.2 Å². The summed E-state index contributed by atoms with van der Waals surface area (Å²) in [4.78, 5) is 12.9. The third-order valence-electron chi connectivity index (χ3n) is 3.00. The van der Waals surface area contributed by atoms with E-state index in [4.69, 9.17) is 28.3 Å². The first-order valence-electron chi connectivity index (χ1n) is 6.46. The molecule has 0 aliphatic heterocycles. The van der Waals surface area contributed by atoms with Gasteiger partial charge in [0.25, 0.3) is 0 Å². The molecule has 3 nitrogen and oxygen atoms in total. The van der Waals surface area contributed by atoms with Crippen molar-refractivity contribution in [1.29, 1.82) is 0 Å². The first-order valence-corrected chi connectivity index (χ1v) is 7.21. The van der Waals surface area contributed by atoms with Gasteiger partial charge in [-0.05, 0) is 35.4 Å². The summed E-state index contributed by atoms with van der Waals surface area (Å²) in [7, 11) is 0. The highest BCUT2D eigenvalue weighted by Gasteiger charge is 2.11. The average Bonchev–Trinajstić information content (AvgIpc) is 2.43. The molecule has 1 N–H and O–H groups in total. The molecule has 0 bridgehead atoms. The molecule has 0 saturated heterocycles. The molecule has 5 heteroatoms. The summed E-state index contributed by atoms with van der Waals surface area (Å²) in [5.41, 5.74) is 2.05. The molecule has 0 aromatic heterocycles. The lowest BCUT2D eigenvalue weighted by Gasteiger charge is -2.20. The highest BCUT2D eigenvalue weighted by atomic mass is 35.5. The van der Waals surface area contributed by atoms with Crippen LogP contribution in [0.3, 0.4) is 0 Å². The molecule has 0 aliphatic carbocycles. The Hall–Kier alpha value is -1.55. The van der Waals surface area contributed by atoms with Gasteiger partial charge in [-0.1, -0.05) is 47.5 Å². The zero-order valence-corrected chi connectivity index (χ0v) is 12.8. The van der Waals surface area contributed by atoms with Gasteiger partial charge in [0.2, 0.25) is 0 Å². The number of halogens is 2. The number of aliphatic carboxylic acids is 1. The van der Waals surface area contributed by atoms with Gasteiger partial charge < -0.3 is 5.11 Å². The molecule has 0 unspecified atom stereocenters. The van der Waals surface area contributed by atoms with E-state index in [0.29, 0.717) is 23.1 Å². The highest BCUT2D eigenvalue weighted by molar-refractivity contribution is 6.30. The van der Waals surface area contributed by atoms with Gasteiger partial charge in [-0.2, -0.15) is 0 Å². The van der Waals surface area contributed by atoms with Crippen LogP contribution in [0.15, 0.2) is 48.5 Å². The number of benzene rings is 2. The summed E-state index contributed by atoms with van der Waals surface area (Å²) in [6.07, 6.45) is 0. The Labute approximate surface area is 133 Å². The Morgan fingerprint density at radius 2 is 1.24 bits per heavy atom. The van der Waals surface area contributed by atoms with E-state index in [1.165, 1.54) is 0 Å². The molecule has 0 atom stereocenters. The van der Waals surface area contributed by atoms with Crippen LogP contribution in [0.4, 0.5) is 0 Å². The fourth-order valence-electron chi connectivity index (χ4n) is 2.06. The molecule has 2 aromatic carbocycles. The van der Waals surface area contributed by atoms with Crippen LogP contribution < -0.4 is 0 Å². The summed E-state index contributed by atoms with van der Waals surface area (Å²) < 4.78 is 0. The monoisotopic (exact) mass is 323 g/mol. The van der Waals surface area contributed by atoms with E-state index >= 15 is 0 Å². The van der Waals surface area contributed by atoms with E-state index in [-0.39, 0.29) is 6.54 Å². The third kappa shape index (κ3) is 5.38. The highest BCUT2D eigenvalue weighted by Crippen LogP contribution is 2.15. The van der Waals surface area contributed by atoms with Crippen molar-refractivity contribution in [3.05, 3.63) is 69.7 Å². The second kappa shape index (κ2) is 7.46. The Bertz CT molecular complexity index is 549. The first-order chi connectivity index (χ1) is 10.0. The molecule has 0 spiro atoms. The maximum atomic E-state index is 11.0. The molecule has 0 amide bonds. The van der Waals surface area contributed by atoms with Gasteiger partial charge in [0.05, 0.1) is 6.54 Å². The number of hydrogen-bond acceptors (Lipinski definition) is 2. The van der Waals surface area contributed by atoms with Gasteiger partial charge in [0.15, 0.2) is 0 Å². The van der Waals surface area contributed by atoms with Crippen molar-refractivity contribution in [3.63, 3.8) is 0 Å². The summed E-state index contributed by atoms with van der Waals surface area (Å²) in [6, 6.07) is 14.8. The van der Waals surface area contributed by atoms with Crippen molar-refractivity contribution in [3.8, 4) is 0 Å². The van der Waals surface area contributed by atoms with Crippen molar-refractivity contribution in [2.75, 3.05) is 6.54 Å². The molecular formula is C16H15Cl2NO2. The zero-order chi connectivity index (χ0) is 15.2. The summed E-state index contributed by atoms with van der Waals surface area (Å²) in [5, 5.41) is 10.4. The number of carbonyl (C=O) groups is 1. The van der Waals surface area contributed by atoms with E-state index in [9.17, 15) is 4.79 Å². The van der Waals surface area contributed by atoms with Crippen LogP contribution in [0.25, 0.3) is 0 Å². The summed E-state index contributed by atoms with van der Waals surface area (Å²) in [6.45, 7) is 1.07. The maximum absolute atomic E-state index is 11.0. The van der Waals surface area contributed by atoms with Crippen molar-refractivity contribution < 1.29 is 9.90 Å². The van der Waals surface area contributed by atoms with E-state index in [2.05, 4.69) is 0 Å². The van der Waals surface area contributed by atoms with Crippen LogP contribution in [0.2, 0.25) is 10.0 Å². The van der Waals surface area contributed by atoms with E-state index < -0.39 is 5.97 Å². The van der Waals surface area contributed by atoms with Crippen molar-refractivity contribution >= 4 is 29.2 Å². The van der Waals surface area contributed by atoms with Crippen LogP contribution in [-0.2, 0) is 17.9 Å². The molecule has 2 rings (SSSR count). The minimum absolute atomic E-state index is 0.0226. The standard InChI is InChI=1S/C16H15Cl2NO2/c17-14-5-1-12(2-6-14)9-19(11-16(20)21)10-13-3-7-15(18)8-4-13/h1-8H,9-11H2,(H,20,21). The Balaban J connectivity index is 2.08. The Morgan fingerprint density at radius 1 is 0.857 bits per heavy atom. The normalized spacial score (nSPS) is 10.8. The second-order valence-electron chi connectivity index (χ2n) is 4.79. The van der Waals surface area contributed by atoms with Gasteiger partial charge in [0.1, 0.15) is 0 Å². The van der Waals surface area contributed by atoms with Gasteiger partial charge in [0, 0.05) is 23.1 Å². The topological polar surface area (TPSA) is 40.5 Å². The van der Waals surface area contributed by atoms with Gasteiger partial charge in [-0.15, -0.1) is 0 Å². The van der Waals surface area contributed by atoms with Crippen molar-refractivity contribution in [2.45, 2.75) is 13.1 Å². The molecule has 0 saturated carbocycles. The smallest absolute Gasteiger partial charge is 0.317 e. The largest absolute Gasteiger partial charge is 0.480 e. The minimum Gasteiger partial charge on any atom is -0.480 e. The predicted molar refractivity (Wildman–Crippen MR) is 84.7 cm³/mol. The number of rotatable bonds is 6. The van der Waals surface area contributed by atoms with Crippen molar-refractivity contribution in [2.24, 2.45) is 0 Å². The Morgan fingerprint density at radius 3 is 1.57 bits per heavy atom. The van der Waals surface area contributed by atoms with Gasteiger partial charge in [-0.3, -0.25) is 9.69 Å². The molecule has 0 aliphatic rings. The summed E-state index contributed by atoms with van der Waals surface area (Å²) >= 11 is 11.7. The lowest BCUT2D eigenvalue weighted by Crippen LogP contribution is -2.28. The fourth-order valence-corrected chi connectivity index (χ4v) is 2.31. The zero-order valence-electron chi connectivity index (χ0n) is 11.3. The Kier molecular flexibility index (Phi) is 5.62. The minimum atomic E-state index is -0.849. The van der Waals surface area contributed by atoms with Crippen LogP contribution >= 0.6 is 23.2 Å². The number of carboxylic acid groups (broad SMARTS) is 1. The molecule has 0 heterocycles. The van der Waals surface area contributed by atoms with Crippen molar-refractivity contribution in [1.82, 2.24) is 4.90 Å². The first kappa shape index (κ1) is 15.8. The quantitative estimate of drug-likeness (QED) is 0.870. The average molecular weight is 324 g/mol. The lowest BCUT2D eigenvalue weighted by atomic mass is 10.1. The van der Waals surface area contributed by atoms with Crippen LogP contribution in [-0.4, -0.2) is 22.5 Å². The van der Waals surface area contributed by atoms with E-state index in [0.717, 1.165) is 11.1 Å². The lowest BCUT2D eigenvalue weighted by molar-refractivity contribution is -0.138. The van der Waals surface area contributed by atoms with Gasteiger partial charge in [-0.25, -0.2) is 0 Å². The molecular weight excluding hydrogens is 309 g/mol. The number of hydrogen-bond donors (Lipinski definition) is 1. The number of carboxylic acids is 1. The molecule has 0 radical (unpaired) electrons. The molecule has 21 heavy (non-hydrogen) atoms. The maximum Gasteiger partial charge on any atom is 0.317 e. The molecule has 0 fully saturated rings. The van der Waals surface area contributed by atoms with Crippen LogP contribution in [0, 0.1) is 0 Å². The number of nitrogens with zero attached hydrogens (tertiary/aromatic N) is 1. The van der Waals surface area contributed by atoms with Gasteiger partial charge >= 0.3 is 5.97 Å². The van der Waals surface area contributed by atoms with E-state index in [1.54, 1.807) is 24.3 Å². The predicted octanol–water partition coefficient (Wildman–Crippen LogP) is 4.08. The second-order valence-corrected chi connectivity index (χ2v) is 5.66. The SMILES string of the molecule is O=C(O)CN(Cc1ccc(Cl)cc1)Cc1ccc(Cl)cc1. The van der Waals surface area contributed by atoms with Crippen LogP contribution in [0.5, 0.6) is 0 Å². The molecule has 110 valence electrons.